The van der Waals surface area contributed by atoms with Gasteiger partial charge in [-0.3, -0.25) is 9.59 Å². The molecule has 1 fully saturated rings. The second-order valence-electron chi connectivity index (χ2n) is 7.61. The van der Waals surface area contributed by atoms with Gasteiger partial charge in [0.1, 0.15) is 5.76 Å². The van der Waals surface area contributed by atoms with Crippen molar-refractivity contribution in [3.8, 4) is 11.5 Å². The summed E-state index contributed by atoms with van der Waals surface area (Å²) in [7, 11) is 3.02. The molecule has 0 unspecified atom stereocenters. The summed E-state index contributed by atoms with van der Waals surface area (Å²) in [5, 5.41) is 11.7. The van der Waals surface area contributed by atoms with Gasteiger partial charge < -0.3 is 24.4 Å². The molecule has 3 rings (SSSR count). The molecule has 0 aromatic heterocycles. The number of Topliss-reactive ketones (excluding diaryl/α,β-unsaturated/α-hetero) is 1. The van der Waals surface area contributed by atoms with Gasteiger partial charge in [-0.25, -0.2) is 0 Å². The average Bonchev–Trinajstić information content (AvgIpc) is 3.08. The van der Waals surface area contributed by atoms with E-state index in [1.165, 1.54) is 19.1 Å². The molecule has 33 heavy (non-hydrogen) atoms. The molecular formula is C25H29ClN2O5. The number of rotatable bonds is 9. The normalized spacial score (nSPS) is 17.6. The van der Waals surface area contributed by atoms with E-state index in [-0.39, 0.29) is 11.3 Å². The molecule has 1 atom stereocenters. The van der Waals surface area contributed by atoms with Crippen LogP contribution < -0.4 is 9.47 Å². The fourth-order valence-corrected chi connectivity index (χ4v) is 4.24. The molecule has 0 bridgehead atoms. The Morgan fingerprint density at radius 3 is 2.30 bits per heavy atom. The third kappa shape index (κ3) is 4.84. The highest BCUT2D eigenvalue weighted by Crippen LogP contribution is 2.45. The monoisotopic (exact) mass is 472 g/mol. The molecule has 0 spiro atoms. The van der Waals surface area contributed by atoms with Crippen LogP contribution in [0.3, 0.4) is 0 Å². The Kier molecular flexibility index (Phi) is 8.00. The zero-order valence-electron chi connectivity index (χ0n) is 19.3. The molecule has 0 aliphatic carbocycles. The lowest BCUT2D eigenvalue weighted by atomic mass is 9.94. The maximum Gasteiger partial charge on any atom is 0.295 e. The van der Waals surface area contributed by atoms with E-state index in [9.17, 15) is 14.7 Å². The number of likely N-dealkylation sites (N-methyl/N-ethyl adjacent to an activating group) is 1. The Bertz CT molecular complexity index is 1050. The summed E-state index contributed by atoms with van der Waals surface area (Å²) in [6.45, 7) is 6.62. The predicted octanol–water partition coefficient (Wildman–Crippen LogP) is 4.12. The first-order valence-corrected chi connectivity index (χ1v) is 11.2. The summed E-state index contributed by atoms with van der Waals surface area (Å²) in [6, 6.07) is 10.9. The minimum Gasteiger partial charge on any atom is -0.507 e. The third-order valence-corrected chi connectivity index (χ3v) is 6.19. The second-order valence-corrected chi connectivity index (χ2v) is 8.05. The highest BCUT2D eigenvalue weighted by molar-refractivity contribution is 6.46. The number of ketones is 1. The van der Waals surface area contributed by atoms with E-state index in [1.807, 2.05) is 13.8 Å². The number of carbonyl (C=O) groups excluding carboxylic acids is 2. The maximum atomic E-state index is 13.2. The second kappa shape index (κ2) is 10.7. The lowest BCUT2D eigenvalue weighted by Crippen LogP contribution is -2.38. The lowest BCUT2D eigenvalue weighted by Gasteiger charge is -2.29. The molecule has 176 valence electrons. The molecule has 8 heteroatoms. The van der Waals surface area contributed by atoms with Crippen molar-refractivity contribution in [2.75, 3.05) is 40.4 Å². The van der Waals surface area contributed by atoms with Crippen molar-refractivity contribution in [2.24, 2.45) is 0 Å². The Balaban J connectivity index is 2.19. The fourth-order valence-electron chi connectivity index (χ4n) is 4.11. The Labute approximate surface area is 199 Å². The van der Waals surface area contributed by atoms with Crippen LogP contribution in [0.15, 0.2) is 48.0 Å². The first kappa shape index (κ1) is 24.6. The number of carbonyl (C=O) groups is 2. The number of halogens is 1. The minimum absolute atomic E-state index is 0.00780. The van der Waals surface area contributed by atoms with Crippen LogP contribution >= 0.6 is 11.6 Å². The van der Waals surface area contributed by atoms with E-state index in [4.69, 9.17) is 21.1 Å². The molecular weight excluding hydrogens is 444 g/mol. The number of aliphatic hydroxyl groups is 1. The van der Waals surface area contributed by atoms with Gasteiger partial charge in [-0.05, 0) is 43.4 Å². The van der Waals surface area contributed by atoms with Crippen LogP contribution in [0.4, 0.5) is 0 Å². The smallest absolute Gasteiger partial charge is 0.295 e. The summed E-state index contributed by atoms with van der Waals surface area (Å²) in [6.07, 6.45) is 0. The number of benzene rings is 2. The predicted molar refractivity (Wildman–Crippen MR) is 128 cm³/mol. The van der Waals surface area contributed by atoms with Crippen LogP contribution in [0.1, 0.15) is 31.0 Å². The summed E-state index contributed by atoms with van der Waals surface area (Å²) < 4.78 is 11.0. The number of methoxy groups -OCH3 is 2. The van der Waals surface area contributed by atoms with Crippen LogP contribution in [-0.2, 0) is 9.59 Å². The number of para-hydroxylation sites is 1. The van der Waals surface area contributed by atoms with Crippen LogP contribution in [0, 0.1) is 0 Å². The van der Waals surface area contributed by atoms with Crippen LogP contribution in [-0.4, -0.2) is 67.0 Å². The van der Waals surface area contributed by atoms with E-state index < -0.39 is 17.7 Å². The minimum atomic E-state index is -0.832. The zero-order chi connectivity index (χ0) is 24.1. The summed E-state index contributed by atoms with van der Waals surface area (Å²) >= 11 is 5.98. The molecule has 1 saturated heterocycles. The van der Waals surface area contributed by atoms with Gasteiger partial charge >= 0.3 is 0 Å². The molecule has 7 nitrogen and oxygen atoms in total. The highest BCUT2D eigenvalue weighted by atomic mass is 35.5. The van der Waals surface area contributed by atoms with Gasteiger partial charge in [0.2, 0.25) is 0 Å². The SMILES string of the molecule is CCN(CC)CCN1C(=O)C(=O)/C(=C(/O)c2ccc(Cl)cc2)[C@H]1c1cccc(OC)c1OC. The topological polar surface area (TPSA) is 79.3 Å². The molecule has 0 saturated carbocycles. The molecule has 1 amide bonds. The number of aliphatic hydroxyl groups excluding tert-OH is 1. The largest absolute Gasteiger partial charge is 0.507 e. The number of likely N-dealkylation sites (tertiary alicyclic amines) is 1. The van der Waals surface area contributed by atoms with Gasteiger partial charge in [-0.15, -0.1) is 0 Å². The van der Waals surface area contributed by atoms with Crippen molar-refractivity contribution < 1.29 is 24.2 Å². The molecule has 1 aliphatic heterocycles. The standard InChI is InChI=1S/C25H29ClN2O5/c1-5-27(6-2)14-15-28-21(18-8-7-9-19(32-3)24(18)33-4)20(23(30)25(28)31)22(29)16-10-12-17(26)13-11-16/h7-13,21,29H,5-6,14-15H2,1-4H3/b22-20+/t21-/m1/s1. The summed E-state index contributed by atoms with van der Waals surface area (Å²) in [5.41, 5.74) is 0.965. The van der Waals surface area contributed by atoms with Crippen LogP contribution in [0.2, 0.25) is 5.02 Å². The summed E-state index contributed by atoms with van der Waals surface area (Å²) in [4.78, 5) is 30.0. The van der Waals surface area contributed by atoms with Gasteiger partial charge in [0.05, 0.1) is 25.8 Å². The number of nitrogens with zero attached hydrogens (tertiary/aromatic N) is 2. The van der Waals surface area contributed by atoms with Crippen molar-refractivity contribution in [2.45, 2.75) is 19.9 Å². The molecule has 1 N–H and O–H groups in total. The van der Waals surface area contributed by atoms with Crippen LogP contribution in [0.5, 0.6) is 11.5 Å². The molecule has 1 aliphatic rings. The maximum absolute atomic E-state index is 13.2. The van der Waals surface area contributed by atoms with Crippen molar-refractivity contribution >= 4 is 29.1 Å². The molecule has 0 radical (unpaired) electrons. The molecule has 1 heterocycles. The van der Waals surface area contributed by atoms with Gasteiger partial charge in [0.25, 0.3) is 11.7 Å². The summed E-state index contributed by atoms with van der Waals surface area (Å²) in [5.74, 6) is -0.785. The number of hydrogen-bond acceptors (Lipinski definition) is 6. The first-order valence-electron chi connectivity index (χ1n) is 10.8. The number of amides is 1. The van der Waals surface area contributed by atoms with Crippen molar-refractivity contribution in [3.05, 3.63) is 64.2 Å². The van der Waals surface area contributed by atoms with E-state index >= 15 is 0 Å². The quantitative estimate of drug-likeness (QED) is 0.336. The van der Waals surface area contributed by atoms with E-state index in [0.29, 0.717) is 40.7 Å². The highest BCUT2D eigenvalue weighted by Gasteiger charge is 2.47. The first-order chi connectivity index (χ1) is 15.9. The fraction of sp³-hybridized carbons (Fsp3) is 0.360. The van der Waals surface area contributed by atoms with Crippen molar-refractivity contribution in [1.29, 1.82) is 0 Å². The Hall–Kier alpha value is -3.03. The van der Waals surface area contributed by atoms with Crippen molar-refractivity contribution in [1.82, 2.24) is 9.80 Å². The molecule has 2 aromatic rings. The van der Waals surface area contributed by atoms with Crippen LogP contribution in [0.25, 0.3) is 5.76 Å². The zero-order valence-corrected chi connectivity index (χ0v) is 20.1. The lowest BCUT2D eigenvalue weighted by molar-refractivity contribution is -0.140. The average molecular weight is 473 g/mol. The van der Waals surface area contributed by atoms with Gasteiger partial charge in [0, 0.05) is 29.2 Å². The van der Waals surface area contributed by atoms with Gasteiger partial charge in [0.15, 0.2) is 11.5 Å². The number of hydrogen-bond donors (Lipinski definition) is 1. The van der Waals surface area contributed by atoms with E-state index in [1.54, 1.807) is 42.5 Å². The van der Waals surface area contributed by atoms with Crippen molar-refractivity contribution in [3.63, 3.8) is 0 Å². The number of ether oxygens (including phenoxy) is 2. The van der Waals surface area contributed by atoms with E-state index in [2.05, 4.69) is 4.90 Å². The third-order valence-electron chi connectivity index (χ3n) is 5.94. The van der Waals surface area contributed by atoms with E-state index in [0.717, 1.165) is 13.1 Å². The van der Waals surface area contributed by atoms with Gasteiger partial charge in [-0.2, -0.15) is 0 Å². The molecule has 2 aromatic carbocycles. The Morgan fingerprint density at radius 2 is 1.73 bits per heavy atom. The Morgan fingerprint density at radius 1 is 1.06 bits per heavy atom. The van der Waals surface area contributed by atoms with Gasteiger partial charge in [-0.1, -0.05) is 37.6 Å².